The Labute approximate surface area is 126 Å². The highest BCUT2D eigenvalue weighted by Gasteiger charge is 2.26. The topological polar surface area (TPSA) is 78.9 Å². The summed E-state index contributed by atoms with van der Waals surface area (Å²) < 4.78 is 5.39. The molecule has 0 radical (unpaired) electrons. The number of carbonyl (C=O) groups is 2. The van der Waals surface area contributed by atoms with Gasteiger partial charge in [0.15, 0.2) is 0 Å². The first kappa shape index (κ1) is 17.8. The van der Waals surface area contributed by atoms with Crippen LogP contribution in [0.4, 0.5) is 4.79 Å². The van der Waals surface area contributed by atoms with E-state index in [1.165, 1.54) is 0 Å². The molecule has 0 aromatic rings. The fourth-order valence-electron chi connectivity index (χ4n) is 2.48. The Morgan fingerprint density at radius 1 is 1.38 bits per heavy atom. The van der Waals surface area contributed by atoms with Gasteiger partial charge in [-0.15, -0.1) is 0 Å². The van der Waals surface area contributed by atoms with Gasteiger partial charge in [0.05, 0.1) is 25.2 Å². The normalized spacial score (nSPS) is 21.7. The molecule has 1 rings (SSSR count). The average molecular weight is 300 g/mol. The maximum absolute atomic E-state index is 12.2. The van der Waals surface area contributed by atoms with Crippen LogP contribution in [0.1, 0.15) is 46.5 Å². The minimum Gasteiger partial charge on any atom is -0.481 e. The van der Waals surface area contributed by atoms with Crippen molar-refractivity contribution in [3.8, 4) is 0 Å². The summed E-state index contributed by atoms with van der Waals surface area (Å²) in [5.41, 5.74) is 0. The number of carboxylic acids is 1. The van der Waals surface area contributed by atoms with Gasteiger partial charge in [-0.25, -0.2) is 4.79 Å². The quantitative estimate of drug-likeness (QED) is 0.754. The lowest BCUT2D eigenvalue weighted by molar-refractivity contribution is -0.141. The molecule has 0 spiro atoms. The first-order chi connectivity index (χ1) is 9.95. The molecule has 6 nitrogen and oxygen atoms in total. The van der Waals surface area contributed by atoms with Crippen molar-refractivity contribution < 1.29 is 19.4 Å². The average Bonchev–Trinajstić information content (AvgIpc) is 2.46. The van der Waals surface area contributed by atoms with Crippen LogP contribution in [-0.2, 0) is 9.53 Å². The lowest BCUT2D eigenvalue weighted by Gasteiger charge is -2.35. The van der Waals surface area contributed by atoms with E-state index in [9.17, 15) is 9.59 Å². The van der Waals surface area contributed by atoms with Crippen molar-refractivity contribution in [3.63, 3.8) is 0 Å². The summed E-state index contributed by atoms with van der Waals surface area (Å²) in [6.07, 6.45) is 3.13. The standard InChI is InChI=1S/C15H28N2O4/c1-4-13-10-21-9-8-17(13)15(20)16-12(3)7-5-6-11(2)14(18)19/h11-13H,4-10H2,1-3H3,(H,16,20)(H,18,19). The molecule has 3 atom stereocenters. The van der Waals surface area contributed by atoms with E-state index in [1.54, 1.807) is 6.92 Å². The van der Waals surface area contributed by atoms with E-state index in [1.807, 2.05) is 11.8 Å². The molecule has 1 aliphatic rings. The van der Waals surface area contributed by atoms with Crippen molar-refractivity contribution in [1.82, 2.24) is 10.2 Å². The third kappa shape index (κ3) is 5.91. The first-order valence-electron chi connectivity index (χ1n) is 7.83. The second-order valence-corrected chi connectivity index (χ2v) is 5.85. The highest BCUT2D eigenvalue weighted by atomic mass is 16.5. The van der Waals surface area contributed by atoms with Crippen LogP contribution in [0.15, 0.2) is 0 Å². The SMILES string of the molecule is CCC1COCCN1C(=O)NC(C)CCCC(C)C(=O)O. The molecule has 1 heterocycles. The molecule has 2 N–H and O–H groups in total. The van der Waals surface area contributed by atoms with Crippen LogP contribution in [-0.4, -0.2) is 53.8 Å². The second-order valence-electron chi connectivity index (χ2n) is 5.85. The molecule has 0 aliphatic carbocycles. The van der Waals surface area contributed by atoms with Gasteiger partial charge in [0.25, 0.3) is 0 Å². The van der Waals surface area contributed by atoms with Crippen LogP contribution in [0, 0.1) is 5.92 Å². The molecular formula is C15H28N2O4. The number of urea groups is 1. The lowest BCUT2D eigenvalue weighted by atomic mass is 10.0. The number of carbonyl (C=O) groups excluding carboxylic acids is 1. The number of rotatable bonds is 7. The minimum atomic E-state index is -0.759. The third-order valence-electron chi connectivity index (χ3n) is 4.03. The monoisotopic (exact) mass is 300 g/mol. The smallest absolute Gasteiger partial charge is 0.318 e. The number of carboxylic acid groups (broad SMARTS) is 1. The summed E-state index contributed by atoms with van der Waals surface area (Å²) in [5.74, 6) is -1.08. The summed E-state index contributed by atoms with van der Waals surface area (Å²) in [4.78, 5) is 24.8. The molecule has 6 heteroatoms. The number of ether oxygens (including phenoxy) is 1. The predicted molar refractivity (Wildman–Crippen MR) is 80.2 cm³/mol. The fraction of sp³-hybridized carbons (Fsp3) is 0.867. The van der Waals surface area contributed by atoms with Crippen LogP contribution in [0.25, 0.3) is 0 Å². The summed E-state index contributed by atoms with van der Waals surface area (Å²) in [5, 5.41) is 11.8. The van der Waals surface area contributed by atoms with E-state index >= 15 is 0 Å². The van der Waals surface area contributed by atoms with Crippen LogP contribution in [0.3, 0.4) is 0 Å². The van der Waals surface area contributed by atoms with Gasteiger partial charge < -0.3 is 20.1 Å². The summed E-state index contributed by atoms with van der Waals surface area (Å²) >= 11 is 0. The Kier molecular flexibility index (Phi) is 7.50. The number of hydrogen-bond donors (Lipinski definition) is 2. The minimum absolute atomic E-state index is 0.0380. The van der Waals surface area contributed by atoms with Gasteiger partial charge in [-0.3, -0.25) is 4.79 Å². The molecule has 0 aromatic carbocycles. The zero-order valence-corrected chi connectivity index (χ0v) is 13.3. The number of nitrogens with zero attached hydrogens (tertiary/aromatic N) is 1. The molecule has 2 amide bonds. The number of hydrogen-bond acceptors (Lipinski definition) is 3. The zero-order valence-electron chi connectivity index (χ0n) is 13.3. The maximum atomic E-state index is 12.2. The molecular weight excluding hydrogens is 272 g/mol. The van der Waals surface area contributed by atoms with Crippen molar-refractivity contribution in [1.29, 1.82) is 0 Å². The van der Waals surface area contributed by atoms with E-state index in [0.717, 1.165) is 19.3 Å². The predicted octanol–water partition coefficient (Wildman–Crippen LogP) is 2.09. The van der Waals surface area contributed by atoms with Crippen LogP contribution in [0.2, 0.25) is 0 Å². The van der Waals surface area contributed by atoms with Crippen molar-refractivity contribution in [3.05, 3.63) is 0 Å². The van der Waals surface area contributed by atoms with E-state index < -0.39 is 5.97 Å². The Bertz CT molecular complexity index is 349. The van der Waals surface area contributed by atoms with Crippen molar-refractivity contribution >= 4 is 12.0 Å². The van der Waals surface area contributed by atoms with Gasteiger partial charge in [-0.2, -0.15) is 0 Å². The van der Waals surface area contributed by atoms with Crippen molar-refractivity contribution in [2.24, 2.45) is 5.92 Å². The highest BCUT2D eigenvalue weighted by Crippen LogP contribution is 2.12. The van der Waals surface area contributed by atoms with Crippen LogP contribution in [0.5, 0.6) is 0 Å². The molecule has 0 bridgehead atoms. The first-order valence-corrected chi connectivity index (χ1v) is 7.83. The number of nitrogens with one attached hydrogen (secondary N) is 1. The third-order valence-corrected chi connectivity index (χ3v) is 4.03. The summed E-state index contributed by atoms with van der Waals surface area (Å²) in [7, 11) is 0. The Hall–Kier alpha value is -1.30. The Morgan fingerprint density at radius 2 is 2.10 bits per heavy atom. The molecule has 0 saturated carbocycles. The number of amides is 2. The van der Waals surface area contributed by atoms with Gasteiger partial charge in [-0.05, 0) is 26.2 Å². The molecule has 122 valence electrons. The summed E-state index contributed by atoms with van der Waals surface area (Å²) in [6.45, 7) is 7.56. The summed E-state index contributed by atoms with van der Waals surface area (Å²) in [6, 6.07) is 0.167. The van der Waals surface area contributed by atoms with E-state index in [0.29, 0.717) is 26.2 Å². The van der Waals surface area contributed by atoms with Gasteiger partial charge in [0.1, 0.15) is 0 Å². The van der Waals surface area contributed by atoms with Gasteiger partial charge in [-0.1, -0.05) is 20.3 Å². The van der Waals surface area contributed by atoms with Gasteiger partial charge >= 0.3 is 12.0 Å². The highest BCUT2D eigenvalue weighted by molar-refractivity contribution is 5.75. The van der Waals surface area contributed by atoms with Gasteiger partial charge in [0, 0.05) is 12.6 Å². The number of morpholine rings is 1. The largest absolute Gasteiger partial charge is 0.481 e. The zero-order chi connectivity index (χ0) is 15.8. The molecule has 1 aliphatic heterocycles. The van der Waals surface area contributed by atoms with Crippen molar-refractivity contribution in [2.75, 3.05) is 19.8 Å². The molecule has 3 unspecified atom stereocenters. The molecule has 1 saturated heterocycles. The van der Waals surface area contributed by atoms with Crippen molar-refractivity contribution in [2.45, 2.75) is 58.5 Å². The fourth-order valence-corrected chi connectivity index (χ4v) is 2.48. The van der Waals surface area contributed by atoms with Crippen LogP contribution >= 0.6 is 0 Å². The van der Waals surface area contributed by atoms with E-state index in [-0.39, 0.29) is 24.0 Å². The Balaban J connectivity index is 2.31. The maximum Gasteiger partial charge on any atom is 0.318 e. The van der Waals surface area contributed by atoms with Gasteiger partial charge in [0.2, 0.25) is 0 Å². The Morgan fingerprint density at radius 3 is 2.71 bits per heavy atom. The lowest BCUT2D eigenvalue weighted by Crippen LogP contribution is -2.53. The molecule has 1 fully saturated rings. The molecule has 0 aromatic heterocycles. The van der Waals surface area contributed by atoms with E-state index in [4.69, 9.17) is 9.84 Å². The second kappa shape index (κ2) is 8.87. The number of aliphatic carboxylic acids is 1. The van der Waals surface area contributed by atoms with Crippen LogP contribution < -0.4 is 5.32 Å². The van der Waals surface area contributed by atoms with E-state index in [2.05, 4.69) is 12.2 Å². The molecule has 21 heavy (non-hydrogen) atoms.